The van der Waals surface area contributed by atoms with Gasteiger partial charge in [0, 0.05) is 5.41 Å². The Morgan fingerprint density at radius 1 is 0.511 bits per heavy atom. The van der Waals surface area contributed by atoms with E-state index in [0.29, 0.717) is 0 Å². The summed E-state index contributed by atoms with van der Waals surface area (Å²) in [5.74, 6) is 0. The van der Waals surface area contributed by atoms with Gasteiger partial charge in [-0.25, -0.2) is 0 Å². The van der Waals surface area contributed by atoms with Crippen molar-refractivity contribution in [2.45, 2.75) is 31.6 Å². The lowest BCUT2D eigenvalue weighted by Crippen LogP contribution is -2.25. The Morgan fingerprint density at radius 2 is 1.09 bits per heavy atom. The second kappa shape index (κ2) is 9.08. The molecule has 0 heterocycles. The minimum atomic E-state index is -0.320. The van der Waals surface area contributed by atoms with Crippen molar-refractivity contribution < 1.29 is 0 Å². The zero-order valence-electron chi connectivity index (χ0n) is 27.0. The average molecular weight is 599 g/mol. The second-order valence-electron chi connectivity index (χ2n) is 14.0. The van der Waals surface area contributed by atoms with E-state index in [9.17, 15) is 0 Å². The minimum absolute atomic E-state index is 0.0697. The van der Waals surface area contributed by atoms with Gasteiger partial charge < -0.3 is 0 Å². The highest BCUT2D eigenvalue weighted by atomic mass is 14.5. The van der Waals surface area contributed by atoms with Gasteiger partial charge in [0.05, 0.1) is 5.41 Å². The van der Waals surface area contributed by atoms with Crippen LogP contribution in [0.1, 0.15) is 54.2 Å². The van der Waals surface area contributed by atoms with E-state index < -0.39 is 0 Å². The summed E-state index contributed by atoms with van der Waals surface area (Å²) in [6.07, 6.45) is 6.44. The molecule has 0 unspecified atom stereocenters. The molecule has 7 aromatic carbocycles. The molecule has 3 aliphatic rings. The summed E-state index contributed by atoms with van der Waals surface area (Å²) < 4.78 is 0. The smallest absolute Gasteiger partial charge is 0.0725 e. The Balaban J connectivity index is 1.27. The number of allylic oxidation sites excluding steroid dienone is 5. The predicted molar refractivity (Wildman–Crippen MR) is 200 cm³/mol. The fourth-order valence-electron chi connectivity index (χ4n) is 9.69. The van der Waals surface area contributed by atoms with Gasteiger partial charge in [0.15, 0.2) is 0 Å². The minimum Gasteiger partial charge on any atom is -0.0987 e. The molecule has 0 aliphatic heterocycles. The lowest BCUT2D eigenvalue weighted by Gasteiger charge is -2.30. The van der Waals surface area contributed by atoms with Crippen LogP contribution in [0.15, 0.2) is 152 Å². The molecule has 0 aromatic heterocycles. The van der Waals surface area contributed by atoms with Gasteiger partial charge in [-0.1, -0.05) is 148 Å². The molecule has 0 saturated heterocycles. The standard InChI is InChI=1S/C47H34/c1-5-13-31-37-27-29(23-25-39(37)46(3,4)38(31)6-2)28-22-24-30-34-16-11-20-42-44(34)45-35(36(30)26-28)17-12-21-43(45)47(42)40-18-9-7-14-32(40)33-15-8-10-19-41(33)47/h5-27H,2H2,1,3-4H3/b13-5-. The van der Waals surface area contributed by atoms with E-state index in [1.165, 1.54) is 99.1 Å². The molecule has 222 valence electrons. The largest absolute Gasteiger partial charge is 0.0987 e. The van der Waals surface area contributed by atoms with Crippen molar-refractivity contribution in [3.63, 3.8) is 0 Å². The van der Waals surface area contributed by atoms with E-state index in [1.807, 2.05) is 6.08 Å². The molecule has 0 saturated carbocycles. The van der Waals surface area contributed by atoms with Crippen LogP contribution in [0, 0.1) is 0 Å². The van der Waals surface area contributed by atoms with Crippen molar-refractivity contribution in [3.05, 3.63) is 185 Å². The van der Waals surface area contributed by atoms with Gasteiger partial charge in [-0.15, -0.1) is 0 Å². The van der Waals surface area contributed by atoms with Gasteiger partial charge in [0.2, 0.25) is 0 Å². The summed E-state index contributed by atoms with van der Waals surface area (Å²) in [4.78, 5) is 0. The zero-order chi connectivity index (χ0) is 31.7. The Bertz CT molecular complexity index is 2570. The van der Waals surface area contributed by atoms with E-state index in [4.69, 9.17) is 0 Å². The lowest BCUT2D eigenvalue weighted by atomic mass is 9.70. The van der Waals surface area contributed by atoms with Crippen LogP contribution in [0.4, 0.5) is 0 Å². The molecule has 0 nitrogen and oxygen atoms in total. The molecule has 0 heteroatoms. The van der Waals surface area contributed by atoms with E-state index in [-0.39, 0.29) is 10.8 Å². The van der Waals surface area contributed by atoms with Crippen molar-refractivity contribution in [2.24, 2.45) is 0 Å². The fraction of sp³-hybridized carbons (Fsp3) is 0.106. The first-order valence-electron chi connectivity index (χ1n) is 16.8. The number of hydrogen-bond donors (Lipinski definition) is 0. The molecule has 0 amide bonds. The fourth-order valence-corrected chi connectivity index (χ4v) is 9.69. The summed E-state index contributed by atoms with van der Waals surface area (Å²) in [5.41, 5.74) is 15.7. The molecule has 7 aromatic rings. The maximum Gasteiger partial charge on any atom is 0.0725 e. The van der Waals surface area contributed by atoms with Crippen LogP contribution in [0.2, 0.25) is 0 Å². The Kier molecular flexibility index (Phi) is 5.16. The van der Waals surface area contributed by atoms with Gasteiger partial charge in [-0.3, -0.25) is 0 Å². The quantitative estimate of drug-likeness (QED) is 0.178. The van der Waals surface area contributed by atoms with Crippen molar-refractivity contribution >= 4 is 37.9 Å². The van der Waals surface area contributed by atoms with Crippen LogP contribution >= 0.6 is 0 Å². The van der Waals surface area contributed by atoms with Crippen LogP contribution < -0.4 is 0 Å². The molecular weight excluding hydrogens is 565 g/mol. The highest BCUT2D eigenvalue weighted by Crippen LogP contribution is 2.63. The van der Waals surface area contributed by atoms with Gasteiger partial charge >= 0.3 is 0 Å². The topological polar surface area (TPSA) is 0 Å². The Labute approximate surface area is 276 Å². The van der Waals surface area contributed by atoms with Gasteiger partial charge in [-0.2, -0.15) is 0 Å². The molecule has 1 spiro atoms. The average Bonchev–Trinajstić information content (AvgIpc) is 3.66. The molecule has 0 N–H and O–H groups in total. The highest BCUT2D eigenvalue weighted by molar-refractivity contribution is 6.30. The first kappa shape index (κ1) is 26.7. The van der Waals surface area contributed by atoms with Crippen LogP contribution in [0.5, 0.6) is 0 Å². The van der Waals surface area contributed by atoms with Crippen molar-refractivity contribution in [2.75, 3.05) is 0 Å². The first-order valence-corrected chi connectivity index (χ1v) is 16.8. The predicted octanol–water partition coefficient (Wildman–Crippen LogP) is 12.3. The Morgan fingerprint density at radius 3 is 1.72 bits per heavy atom. The van der Waals surface area contributed by atoms with Crippen LogP contribution in [-0.2, 0) is 10.8 Å². The van der Waals surface area contributed by atoms with Gasteiger partial charge in [0.25, 0.3) is 0 Å². The van der Waals surface area contributed by atoms with Crippen LogP contribution in [-0.4, -0.2) is 0 Å². The Hall–Kier alpha value is -5.46. The molecule has 0 radical (unpaired) electrons. The second-order valence-corrected chi connectivity index (χ2v) is 14.0. The third kappa shape index (κ3) is 3.09. The van der Waals surface area contributed by atoms with Gasteiger partial charge in [-0.05, 0) is 118 Å². The molecule has 10 rings (SSSR count). The number of hydrogen-bond acceptors (Lipinski definition) is 0. The van der Waals surface area contributed by atoms with Crippen molar-refractivity contribution in [1.82, 2.24) is 0 Å². The SMILES string of the molecule is C=CC1=C(/C=C\C)c2cc(-c3ccc4c(c3)c3cccc5c3c3c(cccc43)C53c4ccccc4-c4ccccc43)ccc2C1(C)C. The third-order valence-electron chi connectivity index (χ3n) is 11.6. The maximum absolute atomic E-state index is 4.19. The highest BCUT2D eigenvalue weighted by Gasteiger charge is 2.50. The van der Waals surface area contributed by atoms with Crippen molar-refractivity contribution in [1.29, 1.82) is 0 Å². The van der Waals surface area contributed by atoms with E-state index in [1.54, 1.807) is 0 Å². The van der Waals surface area contributed by atoms with Gasteiger partial charge in [0.1, 0.15) is 0 Å². The zero-order valence-corrected chi connectivity index (χ0v) is 27.0. The summed E-state index contributed by atoms with van der Waals surface area (Å²) in [5, 5.41) is 8.12. The number of fused-ring (bicyclic) bond motifs is 11. The molecule has 3 aliphatic carbocycles. The van der Waals surface area contributed by atoms with Crippen LogP contribution in [0.3, 0.4) is 0 Å². The lowest BCUT2D eigenvalue weighted by molar-refractivity contribution is 0.654. The normalized spacial score (nSPS) is 16.2. The van der Waals surface area contributed by atoms with Crippen molar-refractivity contribution in [3.8, 4) is 22.3 Å². The molecule has 0 atom stereocenters. The molecular formula is C47H34. The summed E-state index contributed by atoms with van der Waals surface area (Å²) in [6, 6.07) is 46.4. The number of benzene rings is 7. The molecule has 0 bridgehead atoms. The molecule has 0 fully saturated rings. The third-order valence-corrected chi connectivity index (χ3v) is 11.6. The van der Waals surface area contributed by atoms with E-state index in [0.717, 1.165) is 0 Å². The number of rotatable bonds is 3. The summed E-state index contributed by atoms with van der Waals surface area (Å²) in [7, 11) is 0. The van der Waals surface area contributed by atoms with E-state index in [2.05, 4.69) is 161 Å². The monoisotopic (exact) mass is 598 g/mol. The van der Waals surface area contributed by atoms with E-state index >= 15 is 0 Å². The van der Waals surface area contributed by atoms with Crippen LogP contribution in [0.25, 0.3) is 60.1 Å². The maximum atomic E-state index is 4.19. The summed E-state index contributed by atoms with van der Waals surface area (Å²) >= 11 is 0. The first-order chi connectivity index (χ1) is 23.0. The molecule has 47 heavy (non-hydrogen) atoms. The summed E-state index contributed by atoms with van der Waals surface area (Å²) in [6.45, 7) is 10.9.